The van der Waals surface area contributed by atoms with E-state index >= 15 is 0 Å². The molecule has 1 aliphatic heterocycles. The van der Waals surface area contributed by atoms with Crippen LogP contribution in [0.1, 0.15) is 6.92 Å². The number of carbonyl (C=O) groups is 1. The minimum absolute atomic E-state index is 0.0467. The Morgan fingerprint density at radius 2 is 2.30 bits per heavy atom. The number of nitrogens with zero attached hydrogens (tertiary/aromatic N) is 3. The summed E-state index contributed by atoms with van der Waals surface area (Å²) in [6.45, 7) is 3.04. The maximum atomic E-state index is 12.1. The van der Waals surface area contributed by atoms with Crippen molar-refractivity contribution < 1.29 is 14.5 Å². The van der Waals surface area contributed by atoms with Crippen LogP contribution in [0.4, 0.5) is 5.69 Å². The molecule has 0 radical (unpaired) electrons. The molecule has 1 aliphatic rings. The zero-order valence-corrected chi connectivity index (χ0v) is 11.0. The van der Waals surface area contributed by atoms with Crippen molar-refractivity contribution in [2.45, 2.75) is 19.6 Å². The molecule has 1 aromatic rings. The van der Waals surface area contributed by atoms with Gasteiger partial charge in [-0.2, -0.15) is 0 Å². The first kappa shape index (κ1) is 14.2. The summed E-state index contributed by atoms with van der Waals surface area (Å²) in [4.78, 5) is 35.4. The van der Waals surface area contributed by atoms with Crippen LogP contribution in [-0.4, -0.2) is 46.1 Å². The smallest absolute Gasteiger partial charge is 0.285 e. The van der Waals surface area contributed by atoms with E-state index in [4.69, 9.17) is 4.74 Å². The molecular formula is C12H15N3O5. The summed E-state index contributed by atoms with van der Waals surface area (Å²) in [5, 5.41) is 10.7. The summed E-state index contributed by atoms with van der Waals surface area (Å²) < 4.78 is 6.39. The van der Waals surface area contributed by atoms with Crippen molar-refractivity contribution >= 4 is 11.6 Å². The SMILES string of the molecule is C[C@@H]1CN(C(=O)Cn2cc([N+](=O)[O-])ccc2=O)CCO1. The Balaban J connectivity index is 2.13. The van der Waals surface area contributed by atoms with Gasteiger partial charge in [-0.15, -0.1) is 0 Å². The van der Waals surface area contributed by atoms with Crippen molar-refractivity contribution in [3.8, 4) is 0 Å². The van der Waals surface area contributed by atoms with Gasteiger partial charge >= 0.3 is 0 Å². The minimum Gasteiger partial charge on any atom is -0.375 e. The quantitative estimate of drug-likeness (QED) is 0.574. The monoisotopic (exact) mass is 281 g/mol. The highest BCUT2D eigenvalue weighted by Gasteiger charge is 2.22. The first-order chi connectivity index (χ1) is 9.47. The van der Waals surface area contributed by atoms with E-state index in [1.165, 1.54) is 0 Å². The van der Waals surface area contributed by atoms with Gasteiger partial charge in [-0.1, -0.05) is 0 Å². The van der Waals surface area contributed by atoms with Crippen molar-refractivity contribution in [1.29, 1.82) is 0 Å². The molecule has 1 atom stereocenters. The summed E-state index contributed by atoms with van der Waals surface area (Å²) in [5.41, 5.74) is -0.655. The molecule has 0 N–H and O–H groups in total. The number of amides is 1. The van der Waals surface area contributed by atoms with E-state index in [1.807, 2.05) is 6.92 Å². The third kappa shape index (κ3) is 3.21. The van der Waals surface area contributed by atoms with Crippen LogP contribution in [0.5, 0.6) is 0 Å². The lowest BCUT2D eigenvalue weighted by Crippen LogP contribution is -2.46. The number of hydrogen-bond acceptors (Lipinski definition) is 5. The highest BCUT2D eigenvalue weighted by molar-refractivity contribution is 5.76. The van der Waals surface area contributed by atoms with Crippen LogP contribution < -0.4 is 5.56 Å². The van der Waals surface area contributed by atoms with Gasteiger partial charge in [0.2, 0.25) is 5.91 Å². The van der Waals surface area contributed by atoms with Crippen molar-refractivity contribution in [2.75, 3.05) is 19.7 Å². The van der Waals surface area contributed by atoms with Gasteiger partial charge in [-0.3, -0.25) is 24.3 Å². The van der Waals surface area contributed by atoms with Crippen LogP contribution in [0.25, 0.3) is 0 Å². The number of carbonyl (C=O) groups excluding carboxylic acids is 1. The molecule has 0 unspecified atom stereocenters. The van der Waals surface area contributed by atoms with E-state index < -0.39 is 10.5 Å². The number of hydrogen-bond donors (Lipinski definition) is 0. The van der Waals surface area contributed by atoms with Gasteiger partial charge in [-0.25, -0.2) is 0 Å². The molecule has 20 heavy (non-hydrogen) atoms. The van der Waals surface area contributed by atoms with Crippen LogP contribution in [0.2, 0.25) is 0 Å². The predicted octanol–water partition coefficient (Wildman–Crippen LogP) is 0.00380. The number of ether oxygens (including phenoxy) is 1. The summed E-state index contributed by atoms with van der Waals surface area (Å²) >= 11 is 0. The van der Waals surface area contributed by atoms with E-state index in [1.54, 1.807) is 4.90 Å². The average Bonchev–Trinajstić information content (AvgIpc) is 2.41. The molecule has 1 amide bonds. The van der Waals surface area contributed by atoms with Crippen molar-refractivity contribution in [3.63, 3.8) is 0 Å². The molecule has 1 saturated heterocycles. The summed E-state index contributed by atoms with van der Waals surface area (Å²) in [7, 11) is 0. The van der Waals surface area contributed by atoms with E-state index in [-0.39, 0.29) is 24.2 Å². The molecule has 0 spiro atoms. The zero-order valence-electron chi connectivity index (χ0n) is 11.0. The first-order valence-electron chi connectivity index (χ1n) is 6.21. The number of rotatable bonds is 3. The molecule has 2 rings (SSSR count). The predicted molar refractivity (Wildman–Crippen MR) is 69.4 cm³/mol. The lowest BCUT2D eigenvalue weighted by atomic mass is 10.3. The summed E-state index contributed by atoms with van der Waals surface area (Å²) in [6.07, 6.45) is 1.04. The van der Waals surface area contributed by atoms with Crippen molar-refractivity contribution in [1.82, 2.24) is 9.47 Å². The summed E-state index contributed by atoms with van der Waals surface area (Å²) in [5.74, 6) is -0.247. The van der Waals surface area contributed by atoms with Gasteiger partial charge in [0.15, 0.2) is 0 Å². The normalized spacial score (nSPS) is 18.9. The standard InChI is InChI=1S/C12H15N3O5/c1-9-6-13(4-5-20-9)12(17)8-14-7-10(15(18)19)2-3-11(14)16/h2-3,7,9H,4-6,8H2,1H3/t9-/m1/s1. The van der Waals surface area contributed by atoms with Gasteiger partial charge in [0.25, 0.3) is 11.2 Å². The third-order valence-electron chi connectivity index (χ3n) is 3.08. The van der Waals surface area contributed by atoms with Crippen LogP contribution in [0, 0.1) is 10.1 Å². The fourth-order valence-electron chi connectivity index (χ4n) is 2.04. The lowest BCUT2D eigenvalue weighted by Gasteiger charge is -2.31. The van der Waals surface area contributed by atoms with Gasteiger partial charge in [-0.05, 0) is 6.92 Å². The topological polar surface area (TPSA) is 94.7 Å². The van der Waals surface area contributed by atoms with Crippen LogP contribution in [0.3, 0.4) is 0 Å². The molecule has 0 bridgehead atoms. The van der Waals surface area contributed by atoms with E-state index in [0.29, 0.717) is 19.7 Å². The van der Waals surface area contributed by atoms with Gasteiger partial charge in [0.1, 0.15) is 6.54 Å². The Hall–Kier alpha value is -2.22. The highest BCUT2D eigenvalue weighted by atomic mass is 16.6. The second kappa shape index (κ2) is 5.83. The second-order valence-electron chi connectivity index (χ2n) is 4.63. The lowest BCUT2D eigenvalue weighted by molar-refractivity contribution is -0.385. The molecule has 0 aromatic carbocycles. The highest BCUT2D eigenvalue weighted by Crippen LogP contribution is 2.08. The van der Waals surface area contributed by atoms with Gasteiger partial charge < -0.3 is 9.64 Å². The minimum atomic E-state index is -0.600. The molecule has 108 valence electrons. The molecule has 1 fully saturated rings. The molecule has 1 aromatic heterocycles. The molecular weight excluding hydrogens is 266 g/mol. The van der Waals surface area contributed by atoms with E-state index in [2.05, 4.69) is 0 Å². The number of morpholine rings is 1. The van der Waals surface area contributed by atoms with E-state index in [0.717, 1.165) is 22.9 Å². The largest absolute Gasteiger partial charge is 0.375 e. The molecule has 0 aliphatic carbocycles. The number of nitro groups is 1. The second-order valence-corrected chi connectivity index (χ2v) is 4.63. The molecule has 8 nitrogen and oxygen atoms in total. The number of pyridine rings is 1. The molecule has 2 heterocycles. The average molecular weight is 281 g/mol. The maximum absolute atomic E-state index is 12.1. The Labute approximate surface area is 114 Å². The fourth-order valence-corrected chi connectivity index (χ4v) is 2.04. The molecule has 0 saturated carbocycles. The Bertz CT molecular complexity index is 583. The maximum Gasteiger partial charge on any atom is 0.285 e. The van der Waals surface area contributed by atoms with Crippen LogP contribution in [0.15, 0.2) is 23.1 Å². The fraction of sp³-hybridized carbons (Fsp3) is 0.500. The van der Waals surface area contributed by atoms with Gasteiger partial charge in [0, 0.05) is 25.2 Å². The van der Waals surface area contributed by atoms with Crippen LogP contribution in [-0.2, 0) is 16.1 Å². The third-order valence-corrected chi connectivity index (χ3v) is 3.08. The zero-order chi connectivity index (χ0) is 14.7. The Morgan fingerprint density at radius 3 is 2.95 bits per heavy atom. The van der Waals surface area contributed by atoms with Crippen molar-refractivity contribution in [2.24, 2.45) is 0 Å². The van der Waals surface area contributed by atoms with Crippen molar-refractivity contribution in [3.05, 3.63) is 38.8 Å². The van der Waals surface area contributed by atoms with Gasteiger partial charge in [0.05, 0.1) is 23.8 Å². The Morgan fingerprint density at radius 1 is 1.55 bits per heavy atom. The molecule has 8 heteroatoms. The van der Waals surface area contributed by atoms with E-state index in [9.17, 15) is 19.7 Å². The van der Waals surface area contributed by atoms with Crippen LogP contribution >= 0.6 is 0 Å². The summed E-state index contributed by atoms with van der Waals surface area (Å²) in [6, 6.07) is 2.22. The number of aromatic nitrogens is 1. The first-order valence-corrected chi connectivity index (χ1v) is 6.21. The Kier molecular flexibility index (Phi) is 4.14.